The van der Waals surface area contributed by atoms with Crippen molar-refractivity contribution in [2.24, 2.45) is 0 Å². The predicted octanol–water partition coefficient (Wildman–Crippen LogP) is 8.66. The molecule has 0 fully saturated rings. The van der Waals surface area contributed by atoms with Gasteiger partial charge < -0.3 is 9.98 Å². The van der Waals surface area contributed by atoms with Crippen LogP contribution in [0.1, 0.15) is 124 Å². The number of hydrogen-bond acceptors (Lipinski definition) is 0. The first kappa shape index (κ1) is 47.3. The van der Waals surface area contributed by atoms with E-state index in [4.69, 9.17) is 10.6 Å². The van der Waals surface area contributed by atoms with Gasteiger partial charge in [0.05, 0.1) is 11.4 Å². The summed E-state index contributed by atoms with van der Waals surface area (Å²) in [5.74, 6) is 3.53. The summed E-state index contributed by atoms with van der Waals surface area (Å²) >= 11 is 0. The van der Waals surface area contributed by atoms with Crippen molar-refractivity contribution in [3.8, 4) is 0 Å². The second-order valence-corrected chi connectivity index (χ2v) is 16.0. The van der Waals surface area contributed by atoms with Crippen LogP contribution < -0.4 is 20.0 Å². The maximum atomic E-state index is 5.20. The fraction of sp³-hybridized carbons (Fsp3) is 0.308. The van der Waals surface area contributed by atoms with Crippen molar-refractivity contribution in [2.45, 2.75) is 91.9 Å². The number of nitrogens with one attached hydrogen (secondary N) is 4. The van der Waals surface area contributed by atoms with Crippen LogP contribution in [0.15, 0.2) is 146 Å². The van der Waals surface area contributed by atoms with Crippen LogP contribution in [0.5, 0.6) is 0 Å². The second-order valence-electron chi connectivity index (χ2n) is 16.0. The van der Waals surface area contributed by atoms with Gasteiger partial charge in [-0.05, 0) is 45.9 Å². The van der Waals surface area contributed by atoms with Crippen LogP contribution in [-0.2, 0) is 12.8 Å². The molecule has 300 valence electrons. The summed E-state index contributed by atoms with van der Waals surface area (Å²) in [5, 5.41) is 10.4. The fourth-order valence-corrected chi connectivity index (χ4v) is 6.91. The number of para-hydroxylation sites is 2. The summed E-state index contributed by atoms with van der Waals surface area (Å²) in [4.78, 5) is 13.8. The van der Waals surface area contributed by atoms with Gasteiger partial charge in [-0.1, -0.05) is 165 Å². The number of pyridine rings is 2. The van der Waals surface area contributed by atoms with Gasteiger partial charge in [-0.3, -0.25) is 0 Å². The molecule has 0 amide bonds. The molecule has 59 heavy (non-hydrogen) atoms. The second kappa shape index (κ2) is 24.6. The Labute approximate surface area is 391 Å². The van der Waals surface area contributed by atoms with Gasteiger partial charge in [0.15, 0.2) is 23.8 Å². The molecule has 0 aliphatic heterocycles. The van der Waals surface area contributed by atoms with Crippen molar-refractivity contribution in [3.63, 3.8) is 0 Å². The Morgan fingerprint density at radius 2 is 0.746 bits per heavy atom. The summed E-state index contributed by atoms with van der Waals surface area (Å²) in [5.41, 5.74) is 12.0. The van der Waals surface area contributed by atoms with Crippen molar-refractivity contribution in [1.29, 1.82) is 0 Å². The van der Waals surface area contributed by atoms with Gasteiger partial charge in [-0.2, -0.15) is 0 Å². The van der Waals surface area contributed by atoms with Crippen LogP contribution in [0.2, 0.25) is 0 Å². The van der Waals surface area contributed by atoms with E-state index in [-0.39, 0.29) is 45.5 Å². The first-order chi connectivity index (χ1) is 28.1. The molecule has 6 rings (SSSR count). The topological polar surface area (TPSA) is 84.4 Å². The number of nitrogens with zero attached hydrogens (tertiary/aromatic N) is 2. The van der Waals surface area contributed by atoms with Crippen LogP contribution in [0, 0.1) is 0 Å². The Kier molecular flexibility index (Phi) is 19.7. The van der Waals surface area contributed by atoms with E-state index in [0.717, 1.165) is 60.1 Å². The molecule has 7 heteroatoms. The number of aromatic nitrogens is 2. The van der Waals surface area contributed by atoms with Crippen LogP contribution in [0.4, 0.5) is 11.4 Å². The van der Waals surface area contributed by atoms with E-state index in [1.165, 1.54) is 33.6 Å². The van der Waals surface area contributed by atoms with E-state index >= 15 is 0 Å². The Morgan fingerprint density at radius 1 is 0.424 bits per heavy atom. The third kappa shape index (κ3) is 14.4. The summed E-state index contributed by atoms with van der Waals surface area (Å²) in [7, 11) is 0. The Hall–Kier alpha value is -4.40. The first-order valence-electron chi connectivity index (χ1n) is 21.0. The number of H-pyrrole nitrogens is 2. The average molecular weight is 861 g/mol. The molecule has 0 bridgehead atoms. The minimum atomic E-state index is 0. The van der Waals surface area contributed by atoms with E-state index in [9.17, 15) is 0 Å². The number of amidine groups is 2. The molecule has 2 aromatic heterocycles. The number of benzene rings is 4. The van der Waals surface area contributed by atoms with Crippen molar-refractivity contribution in [3.05, 3.63) is 201 Å². The monoisotopic (exact) mass is 860 g/mol. The maximum Gasteiger partial charge on any atom is 2.00 e. The average Bonchev–Trinajstić information content (AvgIpc) is 3.24. The molecule has 0 unspecified atom stereocenters. The van der Waals surface area contributed by atoms with Gasteiger partial charge in [0, 0.05) is 61.3 Å². The zero-order valence-corrected chi connectivity index (χ0v) is 40.1. The molecular formula is C52H64N6Sr+4. The van der Waals surface area contributed by atoms with E-state index in [1.54, 1.807) is 0 Å². The number of aromatic amines is 2. The standard InChI is InChI=1S/2C26H30N3.Sr/c2*1-19(2)23-14-10-15-24(20(3)4)25(23)29-26(21-11-6-5-7-12-21)28-18-16-22-13-8-9-17-27-22;/h2*5-15,17,19-20H,16,18H2,1-4H3;/q2*-1;+2/p+4. The molecule has 4 N–H and O–H groups in total. The fourth-order valence-electron chi connectivity index (χ4n) is 6.91. The van der Waals surface area contributed by atoms with E-state index in [1.807, 2.05) is 36.7 Å². The SMILES string of the molecule is CC(C)c1cccc(C(C)C)c1[N-]C(=[NH+]CCc1cccc[nH+]1)c1ccccc1.CC(C)c1cccc(C(C)C)c1[N-]C(=[NH+]CCc1cccc[nH+]1)c1ccccc1.[Sr+2]. The molecule has 0 spiro atoms. The largest absolute Gasteiger partial charge is 2.00 e. The first-order valence-corrected chi connectivity index (χ1v) is 21.0. The van der Waals surface area contributed by atoms with Crippen molar-refractivity contribution in [1.82, 2.24) is 0 Å². The maximum absolute atomic E-state index is 5.20. The summed E-state index contributed by atoms with van der Waals surface area (Å²) in [6, 6.07) is 46.3. The zero-order chi connectivity index (χ0) is 41.3. The third-order valence-electron chi connectivity index (χ3n) is 10.1. The molecule has 0 aliphatic carbocycles. The van der Waals surface area contributed by atoms with Gasteiger partial charge >= 0.3 is 45.5 Å². The molecule has 0 aliphatic rings. The number of rotatable bonds is 14. The molecular weight excluding hydrogens is 796 g/mol. The van der Waals surface area contributed by atoms with Crippen LogP contribution in [-0.4, -0.2) is 70.2 Å². The molecule has 4 aromatic carbocycles. The van der Waals surface area contributed by atoms with Crippen LogP contribution in [0.25, 0.3) is 10.6 Å². The van der Waals surface area contributed by atoms with E-state index in [2.05, 4.69) is 185 Å². The Morgan fingerprint density at radius 3 is 1.03 bits per heavy atom. The van der Waals surface area contributed by atoms with Crippen molar-refractivity contribution >= 4 is 68.5 Å². The van der Waals surface area contributed by atoms with Crippen molar-refractivity contribution < 1.29 is 20.0 Å². The van der Waals surface area contributed by atoms with E-state index in [0.29, 0.717) is 23.7 Å². The van der Waals surface area contributed by atoms with Crippen LogP contribution in [0.3, 0.4) is 0 Å². The van der Waals surface area contributed by atoms with Gasteiger partial charge in [0.25, 0.3) is 0 Å². The number of hydrogen-bond donors (Lipinski definition) is 2. The Bertz CT molecular complexity index is 1970. The minimum absolute atomic E-state index is 0. The molecule has 0 radical (unpaired) electrons. The van der Waals surface area contributed by atoms with Gasteiger partial charge in [-0.15, -0.1) is 0 Å². The molecule has 6 nitrogen and oxygen atoms in total. The third-order valence-corrected chi connectivity index (χ3v) is 10.1. The zero-order valence-electron chi connectivity index (χ0n) is 36.6. The van der Waals surface area contributed by atoms with Gasteiger partial charge in [0.2, 0.25) is 0 Å². The molecule has 0 atom stereocenters. The summed E-state index contributed by atoms with van der Waals surface area (Å²) in [6.07, 6.45) is 5.76. The minimum Gasteiger partial charge on any atom is -0.369 e. The quantitative estimate of drug-likeness (QED) is 0.0625. The van der Waals surface area contributed by atoms with E-state index < -0.39 is 0 Å². The molecule has 0 saturated carbocycles. The molecule has 0 saturated heterocycles. The normalized spacial score (nSPS) is 11.7. The Balaban J connectivity index is 0.000000256. The molecule has 6 aromatic rings. The predicted molar refractivity (Wildman–Crippen MR) is 247 cm³/mol. The van der Waals surface area contributed by atoms with Gasteiger partial charge in [0.1, 0.15) is 11.7 Å². The van der Waals surface area contributed by atoms with Crippen LogP contribution >= 0.6 is 0 Å². The summed E-state index contributed by atoms with van der Waals surface area (Å²) < 4.78 is 0. The molecule has 2 heterocycles. The van der Waals surface area contributed by atoms with Crippen molar-refractivity contribution in [2.75, 3.05) is 13.1 Å². The summed E-state index contributed by atoms with van der Waals surface area (Å²) in [6.45, 7) is 19.5. The van der Waals surface area contributed by atoms with Gasteiger partial charge in [-0.25, -0.2) is 20.6 Å². The smallest absolute Gasteiger partial charge is 0.369 e.